The molecule has 13 heavy (non-hydrogen) atoms. The first kappa shape index (κ1) is 8.52. The summed E-state index contributed by atoms with van der Waals surface area (Å²) in [5.41, 5.74) is 3.27. The van der Waals surface area contributed by atoms with Gasteiger partial charge in [-0.15, -0.1) is 0 Å². The second kappa shape index (κ2) is 3.00. The molecule has 0 aliphatic heterocycles. The third kappa shape index (κ3) is 1.29. The summed E-state index contributed by atoms with van der Waals surface area (Å²) in [7, 11) is 0. The van der Waals surface area contributed by atoms with Gasteiger partial charge in [0.25, 0.3) is 0 Å². The number of fused-ring (bicyclic) bond motifs is 1. The molecular formula is C11H9ClN. The molecule has 0 fully saturated rings. The smallest absolute Gasteiger partial charge is 0.0749 e. The summed E-state index contributed by atoms with van der Waals surface area (Å²) >= 11 is 6.04. The van der Waals surface area contributed by atoms with E-state index in [1.165, 1.54) is 0 Å². The Balaban J connectivity index is 3.00. The van der Waals surface area contributed by atoms with E-state index in [1.54, 1.807) is 6.20 Å². The quantitative estimate of drug-likeness (QED) is 0.621. The lowest BCUT2D eigenvalue weighted by atomic mass is 10.1. The number of pyridine rings is 1. The zero-order valence-corrected chi connectivity index (χ0v) is 8.31. The lowest BCUT2D eigenvalue weighted by Gasteiger charge is -2.05. The van der Waals surface area contributed by atoms with E-state index in [-0.39, 0.29) is 0 Å². The van der Waals surface area contributed by atoms with Crippen LogP contribution < -0.4 is 0 Å². The fourth-order valence-corrected chi connectivity index (χ4v) is 1.75. The molecule has 65 valence electrons. The first-order valence-corrected chi connectivity index (χ1v) is 4.50. The molecule has 1 heterocycles. The Morgan fingerprint density at radius 2 is 1.92 bits per heavy atom. The summed E-state index contributed by atoms with van der Waals surface area (Å²) in [4.78, 5) is 4.26. The topological polar surface area (TPSA) is 12.9 Å². The molecule has 0 unspecified atom stereocenters. The summed E-state index contributed by atoms with van der Waals surface area (Å²) in [6.07, 6.45) is 1.62. The first-order valence-electron chi connectivity index (χ1n) is 4.12. The monoisotopic (exact) mass is 190 g/mol. The number of hydrogen-bond acceptors (Lipinski definition) is 1. The zero-order chi connectivity index (χ0) is 9.42. The van der Waals surface area contributed by atoms with Crippen molar-refractivity contribution in [3.8, 4) is 0 Å². The van der Waals surface area contributed by atoms with Crippen molar-refractivity contribution in [3.63, 3.8) is 0 Å². The molecule has 2 rings (SSSR count). The molecule has 0 amide bonds. The number of nitrogens with zero attached hydrogens (tertiary/aromatic N) is 1. The summed E-state index contributed by atoms with van der Waals surface area (Å²) in [5, 5.41) is 1.68. The number of hydrogen-bond donors (Lipinski definition) is 0. The van der Waals surface area contributed by atoms with Crippen molar-refractivity contribution < 1.29 is 0 Å². The van der Waals surface area contributed by atoms with Crippen molar-refractivity contribution in [2.24, 2.45) is 0 Å². The predicted octanol–water partition coefficient (Wildman–Crippen LogP) is 3.31. The summed E-state index contributed by atoms with van der Waals surface area (Å²) in [5.74, 6) is 0. The largest absolute Gasteiger partial charge is 0.255 e. The van der Waals surface area contributed by atoms with Crippen LogP contribution in [0.25, 0.3) is 10.9 Å². The molecule has 0 bridgehead atoms. The highest BCUT2D eigenvalue weighted by atomic mass is 35.5. The molecule has 1 radical (unpaired) electrons. The van der Waals surface area contributed by atoms with Crippen molar-refractivity contribution in [3.05, 3.63) is 40.5 Å². The SMILES string of the molecule is Cc1ccc(C)c2c(Cl)[c]cnc12. The van der Waals surface area contributed by atoms with Crippen LogP contribution in [-0.2, 0) is 0 Å². The summed E-state index contributed by atoms with van der Waals surface area (Å²) in [6.45, 7) is 4.06. The molecule has 1 nitrogen and oxygen atoms in total. The van der Waals surface area contributed by atoms with Crippen LogP contribution in [0.4, 0.5) is 0 Å². The van der Waals surface area contributed by atoms with Crippen LogP contribution in [0.3, 0.4) is 0 Å². The second-order valence-corrected chi connectivity index (χ2v) is 3.52. The van der Waals surface area contributed by atoms with Crippen LogP contribution in [0.15, 0.2) is 18.3 Å². The van der Waals surface area contributed by atoms with E-state index in [0.717, 1.165) is 22.0 Å². The van der Waals surface area contributed by atoms with Crippen LogP contribution in [-0.4, -0.2) is 4.98 Å². The van der Waals surface area contributed by atoms with Gasteiger partial charge in [0, 0.05) is 17.6 Å². The minimum absolute atomic E-state index is 0.659. The molecule has 0 aliphatic rings. The standard InChI is InChI=1S/C11H9ClN/c1-7-3-4-8(2)11-10(7)9(12)5-6-13-11/h3-4,6H,1-2H3. The Morgan fingerprint density at radius 1 is 1.23 bits per heavy atom. The van der Waals surface area contributed by atoms with Gasteiger partial charge in [-0.05, 0) is 25.0 Å². The minimum Gasteiger partial charge on any atom is -0.255 e. The van der Waals surface area contributed by atoms with Gasteiger partial charge < -0.3 is 0 Å². The van der Waals surface area contributed by atoms with E-state index in [4.69, 9.17) is 11.6 Å². The van der Waals surface area contributed by atoms with Crippen molar-refractivity contribution in [1.29, 1.82) is 0 Å². The van der Waals surface area contributed by atoms with Gasteiger partial charge in [-0.25, -0.2) is 0 Å². The second-order valence-electron chi connectivity index (χ2n) is 3.14. The van der Waals surface area contributed by atoms with E-state index in [1.807, 2.05) is 13.8 Å². The molecule has 0 saturated heterocycles. The average Bonchev–Trinajstić information content (AvgIpc) is 2.12. The van der Waals surface area contributed by atoms with Gasteiger partial charge >= 0.3 is 0 Å². The maximum Gasteiger partial charge on any atom is 0.0749 e. The van der Waals surface area contributed by atoms with Crippen LogP contribution in [0.1, 0.15) is 11.1 Å². The zero-order valence-electron chi connectivity index (χ0n) is 7.56. The lowest BCUT2D eigenvalue weighted by Crippen LogP contribution is -1.86. The third-order valence-electron chi connectivity index (χ3n) is 2.19. The maximum absolute atomic E-state index is 6.04. The third-order valence-corrected chi connectivity index (χ3v) is 2.49. The molecule has 2 heteroatoms. The summed E-state index contributed by atoms with van der Waals surface area (Å²) < 4.78 is 0. The Labute approximate surface area is 82.4 Å². The number of aryl methyl sites for hydroxylation is 2. The van der Waals surface area contributed by atoms with Gasteiger partial charge in [-0.2, -0.15) is 0 Å². The van der Waals surface area contributed by atoms with Gasteiger partial charge in [0.05, 0.1) is 10.5 Å². The average molecular weight is 191 g/mol. The van der Waals surface area contributed by atoms with Crippen molar-refractivity contribution >= 4 is 22.5 Å². The van der Waals surface area contributed by atoms with Crippen LogP contribution in [0.2, 0.25) is 5.02 Å². The van der Waals surface area contributed by atoms with E-state index < -0.39 is 0 Å². The molecule has 0 N–H and O–H groups in total. The van der Waals surface area contributed by atoms with Crippen LogP contribution >= 0.6 is 11.6 Å². The van der Waals surface area contributed by atoms with Crippen molar-refractivity contribution in [1.82, 2.24) is 4.98 Å². The van der Waals surface area contributed by atoms with Gasteiger partial charge in [0.15, 0.2) is 0 Å². The van der Waals surface area contributed by atoms with Gasteiger partial charge in [-0.3, -0.25) is 4.98 Å². The highest BCUT2D eigenvalue weighted by molar-refractivity contribution is 6.35. The number of rotatable bonds is 0. The van der Waals surface area contributed by atoms with E-state index in [0.29, 0.717) is 5.02 Å². The molecule has 1 aromatic carbocycles. The number of benzene rings is 1. The van der Waals surface area contributed by atoms with Crippen molar-refractivity contribution in [2.45, 2.75) is 13.8 Å². The number of halogens is 1. The van der Waals surface area contributed by atoms with Gasteiger partial charge in [0.2, 0.25) is 0 Å². The number of aromatic nitrogens is 1. The van der Waals surface area contributed by atoms with Crippen LogP contribution in [0, 0.1) is 19.9 Å². The Morgan fingerprint density at radius 3 is 2.62 bits per heavy atom. The summed E-state index contributed by atoms with van der Waals surface area (Å²) in [6, 6.07) is 7.01. The predicted molar refractivity (Wildman–Crippen MR) is 55.1 cm³/mol. The Hall–Kier alpha value is -1.08. The van der Waals surface area contributed by atoms with E-state index in [2.05, 4.69) is 23.2 Å². The highest BCUT2D eigenvalue weighted by Crippen LogP contribution is 2.26. The highest BCUT2D eigenvalue weighted by Gasteiger charge is 2.04. The van der Waals surface area contributed by atoms with E-state index >= 15 is 0 Å². The molecule has 0 spiro atoms. The van der Waals surface area contributed by atoms with Gasteiger partial charge in [0.1, 0.15) is 0 Å². The Kier molecular flexibility index (Phi) is 1.97. The maximum atomic E-state index is 6.04. The molecule has 2 aromatic rings. The lowest BCUT2D eigenvalue weighted by molar-refractivity contribution is 1.34. The molecule has 1 aromatic heterocycles. The van der Waals surface area contributed by atoms with Gasteiger partial charge in [-0.1, -0.05) is 23.7 Å². The fraction of sp³-hybridized carbons (Fsp3) is 0.182. The van der Waals surface area contributed by atoms with Crippen molar-refractivity contribution in [2.75, 3.05) is 0 Å². The fourth-order valence-electron chi connectivity index (χ4n) is 1.47. The minimum atomic E-state index is 0.659. The first-order chi connectivity index (χ1) is 6.20. The molecular weight excluding hydrogens is 182 g/mol. The Bertz CT molecular complexity index is 455. The van der Waals surface area contributed by atoms with E-state index in [9.17, 15) is 0 Å². The molecule has 0 atom stereocenters. The van der Waals surface area contributed by atoms with Crippen LogP contribution in [0.5, 0.6) is 0 Å². The normalized spacial score (nSPS) is 10.7. The molecule has 0 saturated carbocycles. The molecule has 0 aliphatic carbocycles.